The van der Waals surface area contributed by atoms with Crippen molar-refractivity contribution in [3.8, 4) is 28.8 Å². The number of benzene rings is 1. The molecule has 0 radical (unpaired) electrons. The van der Waals surface area contributed by atoms with Crippen LogP contribution in [0.15, 0.2) is 65.9 Å². The van der Waals surface area contributed by atoms with Crippen LogP contribution in [0.25, 0.3) is 22.2 Å². The molecule has 0 aliphatic carbocycles. The van der Waals surface area contributed by atoms with Gasteiger partial charge in [-0.3, -0.25) is 14.6 Å². The summed E-state index contributed by atoms with van der Waals surface area (Å²) < 4.78 is 5.55. The number of likely N-dealkylation sites (N-methyl/N-ethyl adjacent to an activating group) is 1. The number of hydrogen-bond acceptors (Lipinski definition) is 6. The fourth-order valence-electron chi connectivity index (χ4n) is 5.24. The van der Waals surface area contributed by atoms with Gasteiger partial charge in [0, 0.05) is 43.3 Å². The highest BCUT2D eigenvalue weighted by molar-refractivity contribution is 6.32. The summed E-state index contributed by atoms with van der Waals surface area (Å²) in [4.78, 5) is 40.4. The fourth-order valence-corrected chi connectivity index (χ4v) is 5.50. The monoisotopic (exact) mass is 584 g/mol. The number of ether oxygens (including phenoxy) is 1. The summed E-state index contributed by atoms with van der Waals surface area (Å²) in [7, 11) is 5.46. The van der Waals surface area contributed by atoms with Crippen LogP contribution in [0.2, 0.25) is 5.02 Å². The van der Waals surface area contributed by atoms with Crippen molar-refractivity contribution < 1.29 is 9.53 Å². The lowest BCUT2D eigenvalue weighted by Gasteiger charge is -2.29. The largest absolute Gasteiger partial charge is 0.493 e. The molecule has 4 aromatic rings. The standard InChI is InChI=1S/C32H33ClN6O3/c1-32(14-7-19-39(32)26(40)10-6-18-38(2)3)15-11-21-20-34-16-12-22(21)28-29(27-24(36-28)13-17-35-31(27)41)37-25-9-5-8-23(33)30(25)42-4/h5-6,8-10,12-13,16-17,20,36-37H,7,14,18-19H2,1-4H3,(H,35,41)/b10-6+/t32-/m1/s1. The predicted octanol–water partition coefficient (Wildman–Crippen LogP) is 5.17. The van der Waals surface area contributed by atoms with Crippen LogP contribution in [0, 0.1) is 11.8 Å². The van der Waals surface area contributed by atoms with Crippen LogP contribution >= 0.6 is 11.6 Å². The third kappa shape index (κ3) is 5.77. The summed E-state index contributed by atoms with van der Waals surface area (Å²) in [6, 6.07) is 9.03. The third-order valence-electron chi connectivity index (χ3n) is 7.35. The molecule has 1 aliphatic heterocycles. The summed E-state index contributed by atoms with van der Waals surface area (Å²) in [6.07, 6.45) is 10.1. The lowest BCUT2D eigenvalue weighted by molar-refractivity contribution is -0.128. The number of pyridine rings is 2. The third-order valence-corrected chi connectivity index (χ3v) is 7.64. The van der Waals surface area contributed by atoms with Gasteiger partial charge in [0.05, 0.1) is 45.7 Å². The van der Waals surface area contributed by atoms with Gasteiger partial charge < -0.3 is 29.8 Å². The van der Waals surface area contributed by atoms with Gasteiger partial charge in [-0.15, -0.1) is 0 Å². The molecular weight excluding hydrogens is 552 g/mol. The second-order valence-corrected chi connectivity index (χ2v) is 11.0. The molecule has 1 amide bonds. The number of carbonyl (C=O) groups excluding carboxylic acids is 1. The Morgan fingerprint density at radius 1 is 1.31 bits per heavy atom. The van der Waals surface area contributed by atoms with Crippen LogP contribution in [0.5, 0.6) is 5.75 Å². The Morgan fingerprint density at radius 3 is 2.93 bits per heavy atom. The number of nitrogens with one attached hydrogen (secondary N) is 3. The molecule has 10 heteroatoms. The van der Waals surface area contributed by atoms with E-state index >= 15 is 0 Å². The molecule has 42 heavy (non-hydrogen) atoms. The topological polar surface area (TPSA) is 106 Å². The van der Waals surface area contributed by atoms with Crippen molar-refractivity contribution in [2.24, 2.45) is 0 Å². The zero-order valence-electron chi connectivity index (χ0n) is 24.0. The van der Waals surface area contributed by atoms with E-state index < -0.39 is 5.54 Å². The maximum Gasteiger partial charge on any atom is 0.259 e. The lowest BCUT2D eigenvalue weighted by Crippen LogP contribution is -2.43. The molecule has 216 valence electrons. The number of rotatable bonds is 7. The van der Waals surface area contributed by atoms with E-state index in [-0.39, 0.29) is 11.5 Å². The smallest absolute Gasteiger partial charge is 0.259 e. The van der Waals surface area contributed by atoms with Crippen molar-refractivity contribution in [3.05, 3.63) is 82.0 Å². The number of fused-ring (bicyclic) bond motifs is 1. The molecule has 1 atom stereocenters. The zero-order valence-corrected chi connectivity index (χ0v) is 24.8. The van der Waals surface area contributed by atoms with Crippen LogP contribution in [-0.2, 0) is 4.79 Å². The second-order valence-electron chi connectivity index (χ2n) is 10.6. The minimum atomic E-state index is -0.626. The molecule has 3 aromatic heterocycles. The van der Waals surface area contributed by atoms with Crippen molar-refractivity contribution in [1.29, 1.82) is 0 Å². The fraction of sp³-hybridized carbons (Fsp3) is 0.281. The van der Waals surface area contributed by atoms with E-state index in [1.807, 2.05) is 49.0 Å². The number of H-pyrrole nitrogens is 2. The summed E-state index contributed by atoms with van der Waals surface area (Å²) in [5.41, 5.74) is 2.99. The molecule has 4 heterocycles. The van der Waals surface area contributed by atoms with E-state index in [1.165, 1.54) is 0 Å². The molecule has 0 spiro atoms. The number of nitrogens with zero attached hydrogens (tertiary/aromatic N) is 3. The molecule has 1 fully saturated rings. The van der Waals surface area contributed by atoms with E-state index in [0.29, 0.717) is 57.4 Å². The lowest BCUT2D eigenvalue weighted by atomic mass is 9.98. The zero-order chi connectivity index (χ0) is 29.9. The molecule has 0 saturated carbocycles. The van der Waals surface area contributed by atoms with E-state index in [2.05, 4.69) is 32.1 Å². The van der Waals surface area contributed by atoms with Crippen molar-refractivity contribution in [2.75, 3.05) is 39.6 Å². The Hall–Kier alpha value is -4.52. The first-order valence-electron chi connectivity index (χ1n) is 13.6. The number of aromatic nitrogens is 3. The maximum absolute atomic E-state index is 13.0. The Labute approximate surface area is 249 Å². The summed E-state index contributed by atoms with van der Waals surface area (Å²) in [5.74, 6) is 7.11. The highest BCUT2D eigenvalue weighted by Crippen LogP contribution is 2.40. The SMILES string of the molecule is COc1c(Cl)cccc1Nc1c(-c2ccncc2C#C[C@@]2(C)CCCN2C(=O)/C=C/CN(C)C)[nH]c2cc[nH]c(=O)c12. The molecule has 0 bridgehead atoms. The van der Waals surface area contributed by atoms with Gasteiger partial charge in [-0.2, -0.15) is 0 Å². The van der Waals surface area contributed by atoms with Gasteiger partial charge in [0.2, 0.25) is 5.91 Å². The minimum Gasteiger partial charge on any atom is -0.493 e. The van der Waals surface area contributed by atoms with Gasteiger partial charge in [-0.25, -0.2) is 0 Å². The van der Waals surface area contributed by atoms with E-state index in [1.54, 1.807) is 50.0 Å². The van der Waals surface area contributed by atoms with Crippen LogP contribution in [-0.4, -0.2) is 70.5 Å². The average Bonchev–Trinajstić information content (AvgIpc) is 3.53. The van der Waals surface area contributed by atoms with E-state index in [0.717, 1.165) is 18.4 Å². The number of aromatic amines is 2. The van der Waals surface area contributed by atoms with Gasteiger partial charge in [-0.1, -0.05) is 35.6 Å². The normalized spacial score (nSPS) is 16.7. The van der Waals surface area contributed by atoms with Crippen molar-refractivity contribution in [2.45, 2.75) is 25.3 Å². The number of methoxy groups -OCH3 is 1. The maximum atomic E-state index is 13.0. The number of likely N-dealkylation sites (tertiary alicyclic amines) is 1. The van der Waals surface area contributed by atoms with E-state index in [4.69, 9.17) is 16.3 Å². The van der Waals surface area contributed by atoms with Crippen LogP contribution < -0.4 is 15.6 Å². The van der Waals surface area contributed by atoms with Crippen molar-refractivity contribution >= 4 is 39.8 Å². The first-order chi connectivity index (χ1) is 20.2. The first-order valence-corrected chi connectivity index (χ1v) is 14.0. The molecule has 9 nitrogen and oxygen atoms in total. The molecule has 1 saturated heterocycles. The van der Waals surface area contributed by atoms with Crippen LogP contribution in [0.1, 0.15) is 25.3 Å². The van der Waals surface area contributed by atoms with Gasteiger partial charge in [0.25, 0.3) is 5.56 Å². The number of halogens is 1. The van der Waals surface area contributed by atoms with Gasteiger partial charge >= 0.3 is 0 Å². The first kappa shape index (κ1) is 29.0. The van der Waals surface area contributed by atoms with Crippen LogP contribution in [0.4, 0.5) is 11.4 Å². The van der Waals surface area contributed by atoms with Gasteiger partial charge in [0.15, 0.2) is 5.75 Å². The summed E-state index contributed by atoms with van der Waals surface area (Å²) >= 11 is 6.39. The number of carbonyl (C=O) groups is 1. The van der Waals surface area contributed by atoms with Gasteiger partial charge in [-0.05, 0) is 58.1 Å². The molecular formula is C32H33ClN6O3. The Morgan fingerprint density at radius 2 is 2.14 bits per heavy atom. The van der Waals surface area contributed by atoms with Crippen LogP contribution in [0.3, 0.4) is 0 Å². The molecule has 5 rings (SSSR count). The Bertz CT molecular complexity index is 1780. The highest BCUT2D eigenvalue weighted by Gasteiger charge is 2.37. The number of hydrogen-bond donors (Lipinski definition) is 3. The molecule has 0 unspecified atom stereocenters. The number of para-hydroxylation sites is 1. The molecule has 3 N–H and O–H groups in total. The molecule has 1 aliphatic rings. The van der Waals surface area contributed by atoms with Gasteiger partial charge in [0.1, 0.15) is 5.54 Å². The average molecular weight is 585 g/mol. The van der Waals surface area contributed by atoms with Crippen molar-refractivity contribution in [3.63, 3.8) is 0 Å². The Balaban J connectivity index is 1.58. The number of anilines is 2. The molecule has 1 aromatic carbocycles. The van der Waals surface area contributed by atoms with Crippen molar-refractivity contribution in [1.82, 2.24) is 24.8 Å². The minimum absolute atomic E-state index is 0.0469. The number of amides is 1. The summed E-state index contributed by atoms with van der Waals surface area (Å²) in [6.45, 7) is 3.34. The highest BCUT2D eigenvalue weighted by atomic mass is 35.5. The summed E-state index contributed by atoms with van der Waals surface area (Å²) in [5, 5.41) is 4.28. The van der Waals surface area contributed by atoms with E-state index in [9.17, 15) is 9.59 Å². The Kier molecular flexibility index (Phi) is 8.39. The predicted molar refractivity (Wildman–Crippen MR) is 167 cm³/mol. The second kappa shape index (κ2) is 12.1. The quantitative estimate of drug-likeness (QED) is 0.204.